The molecule has 0 spiro atoms. The Hall–Kier alpha value is -3.20. The quantitative estimate of drug-likeness (QED) is 0.567. The molecule has 0 unspecified atom stereocenters. The van der Waals surface area contributed by atoms with Gasteiger partial charge in [0.15, 0.2) is 5.82 Å². The van der Waals surface area contributed by atoms with Gasteiger partial charge in [-0.2, -0.15) is 0 Å². The summed E-state index contributed by atoms with van der Waals surface area (Å²) in [5.41, 5.74) is 3.16. The lowest BCUT2D eigenvalue weighted by Gasteiger charge is -2.24. The van der Waals surface area contributed by atoms with Crippen LogP contribution in [0.15, 0.2) is 24.3 Å². The van der Waals surface area contributed by atoms with Crippen LogP contribution in [0.4, 0.5) is 0 Å². The summed E-state index contributed by atoms with van der Waals surface area (Å²) in [6, 6.07) is 7.88. The Bertz CT molecular complexity index is 1220. The van der Waals surface area contributed by atoms with Gasteiger partial charge in [-0.3, -0.25) is 9.59 Å². The summed E-state index contributed by atoms with van der Waals surface area (Å²) in [5.74, 6) is 1.81. The van der Waals surface area contributed by atoms with Crippen LogP contribution in [-0.4, -0.2) is 62.8 Å². The lowest BCUT2D eigenvalue weighted by molar-refractivity contribution is -0.130. The van der Waals surface area contributed by atoms with Gasteiger partial charge < -0.3 is 24.5 Å². The molecule has 3 aromatic rings. The lowest BCUT2D eigenvalue weighted by atomic mass is 10.0. The normalized spacial score (nSPS) is 19.1. The summed E-state index contributed by atoms with van der Waals surface area (Å²) in [6.45, 7) is 9.10. The first-order chi connectivity index (χ1) is 16.9. The molecule has 2 aliphatic heterocycles. The number of H-pyrrole nitrogens is 1. The molecule has 0 bridgehead atoms. The van der Waals surface area contributed by atoms with Crippen LogP contribution in [0, 0.1) is 18.8 Å². The minimum Gasteiger partial charge on any atom is -0.381 e. The molecule has 186 valence electrons. The molecule has 4 heterocycles. The van der Waals surface area contributed by atoms with Gasteiger partial charge in [0.05, 0.1) is 25.0 Å². The fraction of sp³-hybridized carbons (Fsp3) is 0.538. The summed E-state index contributed by atoms with van der Waals surface area (Å²) in [5, 5.41) is 13.2. The molecule has 2 aliphatic rings. The zero-order valence-corrected chi connectivity index (χ0v) is 20.7. The van der Waals surface area contributed by atoms with Crippen molar-refractivity contribution >= 4 is 22.7 Å². The Kier molecular flexibility index (Phi) is 6.60. The zero-order valence-electron chi connectivity index (χ0n) is 20.7. The molecule has 9 nitrogen and oxygen atoms in total. The number of aryl methyl sites for hydroxylation is 1. The number of nitrogens with zero attached hydrogens (tertiary/aromatic N) is 4. The molecule has 5 rings (SSSR count). The van der Waals surface area contributed by atoms with E-state index >= 15 is 0 Å². The molecule has 0 radical (unpaired) electrons. The van der Waals surface area contributed by atoms with E-state index in [1.54, 1.807) is 0 Å². The number of benzene rings is 1. The van der Waals surface area contributed by atoms with E-state index in [2.05, 4.69) is 45.0 Å². The molecule has 1 aromatic carbocycles. The van der Waals surface area contributed by atoms with E-state index in [0.717, 1.165) is 40.2 Å². The number of aromatic amines is 1. The van der Waals surface area contributed by atoms with Crippen molar-refractivity contribution in [1.82, 2.24) is 30.0 Å². The summed E-state index contributed by atoms with van der Waals surface area (Å²) in [6.07, 6.45) is 1.76. The first-order valence-corrected chi connectivity index (χ1v) is 12.6. The Morgan fingerprint density at radius 2 is 2.03 bits per heavy atom. The summed E-state index contributed by atoms with van der Waals surface area (Å²) in [7, 11) is 0. The smallest absolute Gasteiger partial charge is 0.227 e. The lowest BCUT2D eigenvalue weighted by Crippen LogP contribution is -2.38. The molecule has 0 saturated carbocycles. The van der Waals surface area contributed by atoms with Crippen LogP contribution < -0.4 is 5.32 Å². The van der Waals surface area contributed by atoms with Gasteiger partial charge in [-0.15, -0.1) is 10.2 Å². The van der Waals surface area contributed by atoms with Crippen LogP contribution in [0.1, 0.15) is 49.2 Å². The van der Waals surface area contributed by atoms with Crippen LogP contribution in [-0.2, 0) is 33.7 Å². The largest absolute Gasteiger partial charge is 0.381 e. The third kappa shape index (κ3) is 4.69. The summed E-state index contributed by atoms with van der Waals surface area (Å²) >= 11 is 0. The molecule has 2 aromatic heterocycles. The van der Waals surface area contributed by atoms with Gasteiger partial charge in [-0.1, -0.05) is 32.0 Å². The second kappa shape index (κ2) is 9.81. The average Bonchev–Trinajstić information content (AvgIpc) is 3.54. The molecule has 2 atom stereocenters. The highest BCUT2D eigenvalue weighted by Gasteiger charge is 2.31. The highest BCUT2D eigenvalue weighted by Crippen LogP contribution is 2.26. The van der Waals surface area contributed by atoms with Crippen LogP contribution >= 0.6 is 0 Å². The number of carbonyl (C=O) groups is 2. The van der Waals surface area contributed by atoms with Gasteiger partial charge in [-0.25, -0.2) is 0 Å². The fourth-order valence-corrected chi connectivity index (χ4v) is 5.19. The van der Waals surface area contributed by atoms with E-state index in [9.17, 15) is 9.59 Å². The van der Waals surface area contributed by atoms with Crippen LogP contribution in [0.2, 0.25) is 0 Å². The summed E-state index contributed by atoms with van der Waals surface area (Å²) in [4.78, 5) is 31.4. The molecule has 0 aliphatic carbocycles. The zero-order chi connectivity index (χ0) is 24.5. The van der Waals surface area contributed by atoms with Crippen LogP contribution in [0.25, 0.3) is 10.9 Å². The van der Waals surface area contributed by atoms with E-state index in [4.69, 9.17) is 4.74 Å². The third-order valence-corrected chi connectivity index (χ3v) is 7.31. The molecular weight excluding hydrogens is 444 g/mol. The van der Waals surface area contributed by atoms with Gasteiger partial charge >= 0.3 is 0 Å². The topological polar surface area (TPSA) is 105 Å². The standard InChI is InChI=1S/C26H34N6O3/c1-16(2)24(28-26(34)18-9-13-35-15-18)25-30-29-22-8-10-31(11-12-32(22)25)23(33)14-20-17(3)27-21-7-5-4-6-19(20)21/h4-7,16,18,24,27H,8-15H2,1-3H3,(H,28,34)/t18-,24+/m0/s1. The molecule has 1 fully saturated rings. The number of nitrogens with one attached hydrogen (secondary N) is 2. The van der Waals surface area contributed by atoms with Crippen molar-refractivity contribution in [3.63, 3.8) is 0 Å². The molecule has 2 amide bonds. The highest BCUT2D eigenvalue weighted by atomic mass is 16.5. The summed E-state index contributed by atoms with van der Waals surface area (Å²) < 4.78 is 7.48. The molecule has 9 heteroatoms. The van der Waals surface area contributed by atoms with E-state index in [-0.39, 0.29) is 29.7 Å². The first-order valence-electron chi connectivity index (χ1n) is 12.6. The third-order valence-electron chi connectivity index (χ3n) is 7.31. The van der Waals surface area contributed by atoms with Crippen LogP contribution in [0.3, 0.4) is 0 Å². The number of aromatic nitrogens is 4. The number of rotatable bonds is 6. The van der Waals surface area contributed by atoms with Gasteiger partial charge in [0.25, 0.3) is 0 Å². The van der Waals surface area contributed by atoms with Crippen molar-refractivity contribution in [2.24, 2.45) is 11.8 Å². The minimum absolute atomic E-state index is 0.0121. The van der Waals surface area contributed by atoms with E-state index in [0.29, 0.717) is 45.7 Å². The number of fused-ring (bicyclic) bond motifs is 2. The monoisotopic (exact) mass is 478 g/mol. The van der Waals surface area contributed by atoms with Gasteiger partial charge in [0.2, 0.25) is 11.8 Å². The SMILES string of the molecule is Cc1[nH]c2ccccc2c1CC(=O)N1CCc2nnc([C@H](NC(=O)[C@H]3CCOC3)C(C)C)n2CC1. The van der Waals surface area contributed by atoms with E-state index < -0.39 is 0 Å². The maximum atomic E-state index is 13.3. The van der Waals surface area contributed by atoms with Crippen molar-refractivity contribution in [2.45, 2.75) is 52.6 Å². The number of amides is 2. The average molecular weight is 479 g/mol. The predicted molar refractivity (Wildman–Crippen MR) is 132 cm³/mol. The number of carbonyl (C=O) groups excluding carboxylic acids is 2. The maximum Gasteiger partial charge on any atom is 0.227 e. The molecule has 2 N–H and O–H groups in total. The first kappa shape index (κ1) is 23.5. The maximum absolute atomic E-state index is 13.3. The van der Waals surface area contributed by atoms with Gasteiger partial charge in [0.1, 0.15) is 5.82 Å². The number of hydrogen-bond acceptors (Lipinski definition) is 5. The minimum atomic E-state index is -0.236. The van der Waals surface area contributed by atoms with Crippen molar-refractivity contribution in [1.29, 1.82) is 0 Å². The second-order valence-corrected chi connectivity index (χ2v) is 10.00. The Morgan fingerprint density at radius 1 is 1.20 bits per heavy atom. The molecule has 35 heavy (non-hydrogen) atoms. The predicted octanol–water partition coefficient (Wildman–Crippen LogP) is 2.55. The van der Waals surface area contributed by atoms with Gasteiger partial charge in [-0.05, 0) is 30.9 Å². The fourth-order valence-electron chi connectivity index (χ4n) is 5.19. The van der Waals surface area contributed by atoms with Crippen molar-refractivity contribution in [3.8, 4) is 0 Å². The Labute approximate surface area is 205 Å². The Morgan fingerprint density at radius 3 is 2.80 bits per heavy atom. The van der Waals surface area contributed by atoms with Crippen molar-refractivity contribution in [2.75, 3.05) is 26.3 Å². The molecular formula is C26H34N6O3. The second-order valence-electron chi connectivity index (χ2n) is 10.00. The van der Waals surface area contributed by atoms with E-state index in [1.807, 2.05) is 30.0 Å². The van der Waals surface area contributed by atoms with Crippen molar-refractivity contribution < 1.29 is 14.3 Å². The van der Waals surface area contributed by atoms with E-state index in [1.165, 1.54) is 0 Å². The molecule has 1 saturated heterocycles. The highest BCUT2D eigenvalue weighted by molar-refractivity contribution is 5.90. The van der Waals surface area contributed by atoms with Crippen molar-refractivity contribution in [3.05, 3.63) is 47.2 Å². The number of hydrogen-bond donors (Lipinski definition) is 2. The van der Waals surface area contributed by atoms with Crippen LogP contribution in [0.5, 0.6) is 0 Å². The number of para-hydroxylation sites is 1. The Balaban J connectivity index is 1.29. The number of ether oxygens (including phenoxy) is 1. The van der Waals surface area contributed by atoms with Gasteiger partial charge in [0, 0.05) is 49.3 Å².